The molecule has 0 radical (unpaired) electrons. The van der Waals surface area contributed by atoms with Crippen molar-refractivity contribution in [2.75, 3.05) is 6.54 Å². The molecule has 0 amide bonds. The lowest BCUT2D eigenvalue weighted by Gasteiger charge is -2.16. The maximum atomic E-state index is 13.0. The van der Waals surface area contributed by atoms with Crippen LogP contribution in [0.25, 0.3) is 16.8 Å². The van der Waals surface area contributed by atoms with Crippen LogP contribution in [0.15, 0.2) is 35.4 Å². The fraction of sp³-hybridized carbons (Fsp3) is 0.250. The van der Waals surface area contributed by atoms with Gasteiger partial charge in [-0.25, -0.2) is 9.37 Å². The molecule has 1 aliphatic carbocycles. The molecule has 1 aromatic carbocycles. The minimum atomic E-state index is -0.280. The smallest absolute Gasteiger partial charge is 0.135 e. The summed E-state index contributed by atoms with van der Waals surface area (Å²) in [6.45, 7) is 0.407. The molecule has 2 aromatic rings. The van der Waals surface area contributed by atoms with E-state index in [1.54, 1.807) is 12.1 Å². The number of nitrogens with zero attached hydrogens (tertiary/aromatic N) is 2. The first-order valence-corrected chi connectivity index (χ1v) is 8.01. The van der Waals surface area contributed by atoms with Gasteiger partial charge >= 0.3 is 0 Å². The average Bonchev–Trinajstić information content (AvgIpc) is 3.16. The molecule has 1 aliphatic heterocycles. The first-order chi connectivity index (χ1) is 10.6. The second-order valence-corrected chi connectivity index (χ2v) is 6.43. The van der Waals surface area contributed by atoms with Crippen molar-refractivity contribution in [2.24, 2.45) is 0 Å². The third-order valence-electron chi connectivity index (χ3n) is 3.98. The number of hydrogen-bond donors (Lipinski definition) is 2. The molecule has 0 atom stereocenters. The third kappa shape index (κ3) is 2.20. The van der Waals surface area contributed by atoms with Gasteiger partial charge in [-0.3, -0.25) is 5.41 Å². The van der Waals surface area contributed by atoms with Crippen molar-refractivity contribution in [3.63, 3.8) is 0 Å². The molecule has 0 unspecified atom stereocenters. The van der Waals surface area contributed by atoms with Crippen LogP contribution in [0.2, 0.25) is 0 Å². The molecule has 2 aliphatic rings. The minimum Gasteiger partial charge on any atom is -0.510 e. The van der Waals surface area contributed by atoms with Crippen molar-refractivity contribution in [3.8, 4) is 11.3 Å². The van der Waals surface area contributed by atoms with Crippen LogP contribution in [-0.4, -0.2) is 33.4 Å². The summed E-state index contributed by atoms with van der Waals surface area (Å²) in [6, 6.07) is 6.55. The summed E-state index contributed by atoms with van der Waals surface area (Å²) in [6.07, 6.45) is 2.17. The molecule has 4 rings (SSSR count). The van der Waals surface area contributed by atoms with E-state index in [1.807, 2.05) is 10.3 Å². The van der Waals surface area contributed by atoms with E-state index in [0.29, 0.717) is 29.0 Å². The van der Waals surface area contributed by atoms with Crippen molar-refractivity contribution < 1.29 is 9.50 Å². The Balaban J connectivity index is 1.65. The summed E-state index contributed by atoms with van der Waals surface area (Å²) in [4.78, 5) is 6.45. The number of thiazole rings is 1. The van der Waals surface area contributed by atoms with Crippen LogP contribution in [0, 0.1) is 11.2 Å². The number of aliphatic hydroxyl groups is 1. The van der Waals surface area contributed by atoms with Gasteiger partial charge in [0.1, 0.15) is 22.4 Å². The maximum absolute atomic E-state index is 13.0. The fourth-order valence-corrected chi connectivity index (χ4v) is 3.56. The zero-order chi connectivity index (χ0) is 15.3. The van der Waals surface area contributed by atoms with E-state index in [-0.39, 0.29) is 11.6 Å². The van der Waals surface area contributed by atoms with Gasteiger partial charge in [-0.2, -0.15) is 0 Å². The van der Waals surface area contributed by atoms with Crippen molar-refractivity contribution in [3.05, 3.63) is 46.2 Å². The summed E-state index contributed by atoms with van der Waals surface area (Å²) >= 11 is 1.40. The Hall–Kier alpha value is -2.21. The van der Waals surface area contributed by atoms with Gasteiger partial charge in [-0.15, -0.1) is 11.3 Å². The van der Waals surface area contributed by atoms with Gasteiger partial charge in [0.2, 0.25) is 0 Å². The van der Waals surface area contributed by atoms with E-state index in [0.717, 1.165) is 24.1 Å². The normalized spacial score (nSPS) is 18.4. The third-order valence-corrected chi connectivity index (χ3v) is 4.84. The van der Waals surface area contributed by atoms with Gasteiger partial charge in [0, 0.05) is 17.0 Å². The monoisotopic (exact) mass is 315 g/mol. The quantitative estimate of drug-likeness (QED) is 0.908. The number of nitrogens with one attached hydrogen (secondary N) is 1. The number of aromatic nitrogens is 1. The van der Waals surface area contributed by atoms with Crippen molar-refractivity contribution >= 4 is 22.7 Å². The van der Waals surface area contributed by atoms with Crippen LogP contribution in [0.4, 0.5) is 4.39 Å². The molecule has 0 spiro atoms. The largest absolute Gasteiger partial charge is 0.510 e. The van der Waals surface area contributed by atoms with E-state index in [9.17, 15) is 9.50 Å². The Morgan fingerprint density at radius 1 is 1.27 bits per heavy atom. The second-order valence-electron chi connectivity index (χ2n) is 5.57. The van der Waals surface area contributed by atoms with Gasteiger partial charge in [0.15, 0.2) is 0 Å². The lowest BCUT2D eigenvalue weighted by Crippen LogP contribution is -2.28. The van der Waals surface area contributed by atoms with E-state index in [4.69, 9.17) is 5.41 Å². The van der Waals surface area contributed by atoms with Crippen LogP contribution < -0.4 is 0 Å². The Kier molecular flexibility index (Phi) is 3.00. The first kappa shape index (κ1) is 13.5. The van der Waals surface area contributed by atoms with Crippen molar-refractivity contribution in [2.45, 2.75) is 18.9 Å². The Morgan fingerprint density at radius 2 is 2.00 bits per heavy atom. The number of amidine groups is 1. The Morgan fingerprint density at radius 3 is 2.68 bits per heavy atom. The van der Waals surface area contributed by atoms with Gasteiger partial charge < -0.3 is 10.0 Å². The molecule has 0 saturated heterocycles. The van der Waals surface area contributed by atoms with E-state index >= 15 is 0 Å². The minimum absolute atomic E-state index is 0.219. The summed E-state index contributed by atoms with van der Waals surface area (Å²) < 4.78 is 13.0. The lowest BCUT2D eigenvalue weighted by atomic mass is 10.2. The zero-order valence-electron chi connectivity index (χ0n) is 11.7. The zero-order valence-corrected chi connectivity index (χ0v) is 12.5. The number of benzene rings is 1. The highest BCUT2D eigenvalue weighted by Crippen LogP contribution is 2.37. The standard InChI is InChI=1S/C16H14FN3OS/c17-10-3-1-9(2-4-10)12-8-22-16(19-12)14-13(21)7-20(15(14)18)11-5-6-11/h1-4,8,11,18,21H,5-7H2. The molecule has 4 nitrogen and oxygen atoms in total. The summed E-state index contributed by atoms with van der Waals surface area (Å²) in [5, 5.41) is 21.0. The highest BCUT2D eigenvalue weighted by atomic mass is 32.1. The van der Waals surface area contributed by atoms with Crippen molar-refractivity contribution in [1.29, 1.82) is 5.41 Å². The molecule has 0 bridgehead atoms. The predicted molar refractivity (Wildman–Crippen MR) is 84.5 cm³/mol. The second kappa shape index (κ2) is 4.91. The molecule has 2 heterocycles. The number of halogens is 1. The summed E-state index contributed by atoms with van der Waals surface area (Å²) in [5.41, 5.74) is 2.09. The topological polar surface area (TPSA) is 60.2 Å². The molecule has 112 valence electrons. The number of rotatable bonds is 3. The van der Waals surface area contributed by atoms with Crippen LogP contribution in [0.1, 0.15) is 17.8 Å². The number of aliphatic hydroxyl groups excluding tert-OH is 1. The van der Waals surface area contributed by atoms with Gasteiger partial charge in [0.25, 0.3) is 0 Å². The van der Waals surface area contributed by atoms with Crippen molar-refractivity contribution in [1.82, 2.24) is 9.88 Å². The summed E-state index contributed by atoms with van der Waals surface area (Å²) in [7, 11) is 0. The molecule has 1 aromatic heterocycles. The van der Waals surface area contributed by atoms with Gasteiger partial charge in [-0.05, 0) is 37.1 Å². The van der Waals surface area contributed by atoms with E-state index in [1.165, 1.54) is 23.5 Å². The molecule has 1 fully saturated rings. The molecule has 6 heteroatoms. The van der Waals surface area contributed by atoms with Crippen LogP contribution in [0.3, 0.4) is 0 Å². The Bertz CT molecular complexity index is 777. The van der Waals surface area contributed by atoms with Crippen LogP contribution >= 0.6 is 11.3 Å². The SMILES string of the molecule is N=C1C(c2nc(-c3ccc(F)cc3)cs2)=C(O)CN1C1CC1. The molecule has 1 saturated carbocycles. The summed E-state index contributed by atoms with van der Waals surface area (Å²) in [5.74, 6) is 0.300. The van der Waals surface area contributed by atoms with Crippen LogP contribution in [0.5, 0.6) is 0 Å². The predicted octanol–water partition coefficient (Wildman–Crippen LogP) is 3.67. The molecule has 2 N–H and O–H groups in total. The molecule has 22 heavy (non-hydrogen) atoms. The van der Waals surface area contributed by atoms with E-state index in [2.05, 4.69) is 4.98 Å². The van der Waals surface area contributed by atoms with Gasteiger partial charge in [-0.1, -0.05) is 0 Å². The first-order valence-electron chi connectivity index (χ1n) is 7.13. The van der Waals surface area contributed by atoms with Crippen LogP contribution in [-0.2, 0) is 0 Å². The average molecular weight is 315 g/mol. The maximum Gasteiger partial charge on any atom is 0.135 e. The highest BCUT2D eigenvalue weighted by molar-refractivity contribution is 7.11. The fourth-order valence-electron chi connectivity index (χ4n) is 2.66. The number of hydrogen-bond acceptors (Lipinski definition) is 4. The molecular formula is C16H14FN3OS. The molecular weight excluding hydrogens is 301 g/mol. The van der Waals surface area contributed by atoms with E-state index < -0.39 is 0 Å². The lowest BCUT2D eigenvalue weighted by molar-refractivity contribution is 0.345. The Labute approximate surface area is 131 Å². The highest BCUT2D eigenvalue weighted by Gasteiger charge is 2.39. The van der Waals surface area contributed by atoms with Gasteiger partial charge in [0.05, 0.1) is 17.8 Å².